The van der Waals surface area contributed by atoms with Crippen molar-refractivity contribution in [3.63, 3.8) is 0 Å². The zero-order valence-corrected chi connectivity index (χ0v) is 20.8. The number of carbonyl (C=O) groups excluding carboxylic acids is 3. The maximum Gasteiger partial charge on any atom is 0.253 e. The number of rotatable bonds is 6. The van der Waals surface area contributed by atoms with Gasteiger partial charge < -0.3 is 24.6 Å². The number of hydrogen-bond acceptors (Lipinski definition) is 6. The van der Waals surface area contributed by atoms with Gasteiger partial charge in [-0.25, -0.2) is 0 Å². The summed E-state index contributed by atoms with van der Waals surface area (Å²) in [5, 5.41) is 2.86. The number of hydrogen-bond donors (Lipinski definition) is 1. The minimum absolute atomic E-state index is 0.0294. The molecule has 1 atom stereocenters. The molecule has 0 spiro atoms. The molecule has 9 heteroatoms. The van der Waals surface area contributed by atoms with E-state index in [1.165, 1.54) is 7.11 Å². The van der Waals surface area contributed by atoms with Crippen LogP contribution in [-0.2, 0) is 9.59 Å². The molecule has 2 fully saturated rings. The van der Waals surface area contributed by atoms with Gasteiger partial charge in [0.15, 0.2) is 11.5 Å². The van der Waals surface area contributed by atoms with Gasteiger partial charge in [0.1, 0.15) is 12.6 Å². The van der Waals surface area contributed by atoms with Gasteiger partial charge in [-0.3, -0.25) is 19.3 Å². The quantitative estimate of drug-likeness (QED) is 0.666. The van der Waals surface area contributed by atoms with E-state index in [9.17, 15) is 14.4 Å². The third-order valence-electron chi connectivity index (χ3n) is 7.24. The van der Waals surface area contributed by atoms with Crippen LogP contribution in [0.1, 0.15) is 42.5 Å². The van der Waals surface area contributed by atoms with Crippen LogP contribution in [0.25, 0.3) is 0 Å². The Morgan fingerprint density at radius 2 is 1.67 bits per heavy atom. The van der Waals surface area contributed by atoms with Crippen LogP contribution in [0.2, 0.25) is 0 Å². The van der Waals surface area contributed by atoms with Crippen LogP contribution in [0.3, 0.4) is 0 Å². The highest BCUT2D eigenvalue weighted by atomic mass is 16.5. The molecule has 5 rings (SSSR count). The molecule has 0 saturated carbocycles. The van der Waals surface area contributed by atoms with Crippen molar-refractivity contribution in [2.75, 3.05) is 55.5 Å². The first-order valence-electron chi connectivity index (χ1n) is 12.5. The summed E-state index contributed by atoms with van der Waals surface area (Å²) in [5.41, 5.74) is 2.60. The Bertz CT molecular complexity index is 1180. The minimum Gasteiger partial charge on any atom is -0.493 e. The summed E-state index contributed by atoms with van der Waals surface area (Å²) in [6.07, 6.45) is 4.75. The number of ether oxygens (including phenoxy) is 2. The lowest BCUT2D eigenvalue weighted by atomic mass is 9.95. The summed E-state index contributed by atoms with van der Waals surface area (Å²) in [4.78, 5) is 45.3. The summed E-state index contributed by atoms with van der Waals surface area (Å²) < 4.78 is 10.6. The van der Waals surface area contributed by atoms with E-state index < -0.39 is 0 Å². The largest absolute Gasteiger partial charge is 0.493 e. The van der Waals surface area contributed by atoms with Crippen molar-refractivity contribution < 1.29 is 23.9 Å². The Morgan fingerprint density at radius 3 is 2.42 bits per heavy atom. The molecule has 3 amide bonds. The fourth-order valence-electron chi connectivity index (χ4n) is 5.41. The second-order valence-corrected chi connectivity index (χ2v) is 9.45. The summed E-state index contributed by atoms with van der Waals surface area (Å²) in [5.74, 6) is 0.594. The first-order chi connectivity index (χ1) is 17.5. The van der Waals surface area contributed by atoms with E-state index in [2.05, 4.69) is 10.2 Å². The summed E-state index contributed by atoms with van der Waals surface area (Å²) in [7, 11) is 3.08. The van der Waals surface area contributed by atoms with Gasteiger partial charge in [-0.2, -0.15) is 0 Å². The molecular formula is C27H32N4O5. The third kappa shape index (κ3) is 4.45. The molecule has 2 aromatic carbocycles. The maximum atomic E-state index is 13.6. The monoisotopic (exact) mass is 492 g/mol. The lowest BCUT2D eigenvalue weighted by molar-refractivity contribution is -0.123. The van der Waals surface area contributed by atoms with Crippen molar-refractivity contribution >= 4 is 34.8 Å². The van der Waals surface area contributed by atoms with Crippen LogP contribution in [0.4, 0.5) is 17.1 Å². The lowest BCUT2D eigenvalue weighted by Crippen LogP contribution is -2.56. The van der Waals surface area contributed by atoms with E-state index in [1.54, 1.807) is 36.3 Å². The molecule has 3 aliphatic rings. The zero-order chi connectivity index (χ0) is 25.2. The Balaban J connectivity index is 1.43. The number of likely N-dealkylation sites (tertiary alicyclic amines) is 1. The van der Waals surface area contributed by atoms with Gasteiger partial charge >= 0.3 is 0 Å². The van der Waals surface area contributed by atoms with Gasteiger partial charge in [0, 0.05) is 37.0 Å². The number of fused-ring (bicyclic) bond motifs is 3. The van der Waals surface area contributed by atoms with Crippen molar-refractivity contribution in [3.05, 3.63) is 42.0 Å². The van der Waals surface area contributed by atoms with Gasteiger partial charge in [-0.1, -0.05) is 0 Å². The SMILES string of the molecule is COc1ccc(NC(=O)CN2C(=O)[C@H]3CCCCN3c3ccc(C(=O)N4CCCC4)cc32)cc1OC. The molecular weight excluding hydrogens is 460 g/mol. The van der Waals surface area contributed by atoms with Crippen molar-refractivity contribution in [1.82, 2.24) is 4.90 Å². The van der Waals surface area contributed by atoms with Crippen molar-refractivity contribution in [3.8, 4) is 11.5 Å². The van der Waals surface area contributed by atoms with E-state index in [-0.39, 0.29) is 30.3 Å². The van der Waals surface area contributed by atoms with Gasteiger partial charge in [-0.05, 0) is 62.4 Å². The molecule has 9 nitrogen and oxygen atoms in total. The Kier molecular flexibility index (Phi) is 6.71. The van der Waals surface area contributed by atoms with Crippen molar-refractivity contribution in [2.45, 2.75) is 38.1 Å². The average Bonchev–Trinajstić information content (AvgIpc) is 3.45. The molecule has 0 aliphatic carbocycles. The smallest absolute Gasteiger partial charge is 0.253 e. The number of piperidine rings is 1. The summed E-state index contributed by atoms with van der Waals surface area (Å²) in [6, 6.07) is 10.4. The Labute approximate surface area is 210 Å². The molecule has 2 saturated heterocycles. The van der Waals surface area contributed by atoms with E-state index in [0.29, 0.717) is 28.4 Å². The molecule has 2 aromatic rings. The molecule has 1 N–H and O–H groups in total. The fourth-order valence-corrected chi connectivity index (χ4v) is 5.41. The van der Waals surface area contributed by atoms with Crippen LogP contribution in [0.5, 0.6) is 11.5 Å². The Hall–Kier alpha value is -3.75. The number of methoxy groups -OCH3 is 2. The van der Waals surface area contributed by atoms with E-state index in [1.807, 2.05) is 17.0 Å². The van der Waals surface area contributed by atoms with Crippen LogP contribution in [0.15, 0.2) is 36.4 Å². The van der Waals surface area contributed by atoms with E-state index in [0.717, 1.165) is 57.4 Å². The number of nitrogens with zero attached hydrogens (tertiary/aromatic N) is 3. The highest BCUT2D eigenvalue weighted by molar-refractivity contribution is 6.11. The van der Waals surface area contributed by atoms with Crippen LogP contribution < -0.4 is 24.6 Å². The maximum absolute atomic E-state index is 13.6. The molecule has 0 unspecified atom stereocenters. The fraction of sp³-hybridized carbons (Fsp3) is 0.444. The zero-order valence-electron chi connectivity index (χ0n) is 20.8. The van der Waals surface area contributed by atoms with Crippen LogP contribution in [0, 0.1) is 0 Å². The van der Waals surface area contributed by atoms with Crippen LogP contribution in [-0.4, -0.2) is 69.1 Å². The molecule has 36 heavy (non-hydrogen) atoms. The molecule has 3 heterocycles. The van der Waals surface area contributed by atoms with Gasteiger partial charge in [0.2, 0.25) is 11.8 Å². The predicted molar refractivity (Wildman–Crippen MR) is 137 cm³/mol. The summed E-state index contributed by atoms with van der Waals surface area (Å²) in [6.45, 7) is 2.14. The van der Waals surface area contributed by atoms with Gasteiger partial charge in [-0.15, -0.1) is 0 Å². The highest BCUT2D eigenvalue weighted by Crippen LogP contribution is 2.40. The van der Waals surface area contributed by atoms with Crippen molar-refractivity contribution in [2.24, 2.45) is 0 Å². The molecule has 0 radical (unpaired) electrons. The Morgan fingerprint density at radius 1 is 0.917 bits per heavy atom. The number of nitrogens with one attached hydrogen (secondary N) is 1. The number of benzene rings is 2. The van der Waals surface area contributed by atoms with Crippen LogP contribution >= 0.6 is 0 Å². The third-order valence-corrected chi connectivity index (χ3v) is 7.24. The van der Waals surface area contributed by atoms with E-state index >= 15 is 0 Å². The standard InChI is InChI=1S/C27H32N4O5/c1-35-23-11-9-19(16-24(23)36-2)28-25(32)17-31-22-15-18(26(33)29-12-5-6-13-29)8-10-20(22)30-14-4-3-7-21(30)27(31)34/h8-11,15-16,21H,3-7,12-14,17H2,1-2H3,(H,28,32)/t21-/m1/s1. The second-order valence-electron chi connectivity index (χ2n) is 9.45. The van der Waals surface area contributed by atoms with E-state index in [4.69, 9.17) is 9.47 Å². The second kappa shape index (κ2) is 10.1. The molecule has 0 bridgehead atoms. The molecule has 0 aromatic heterocycles. The highest BCUT2D eigenvalue weighted by Gasteiger charge is 2.40. The predicted octanol–water partition coefficient (Wildman–Crippen LogP) is 3.28. The van der Waals surface area contributed by atoms with Gasteiger partial charge in [0.05, 0.1) is 25.6 Å². The topological polar surface area (TPSA) is 91.4 Å². The molecule has 3 aliphatic heterocycles. The first-order valence-corrected chi connectivity index (χ1v) is 12.5. The van der Waals surface area contributed by atoms with Gasteiger partial charge in [0.25, 0.3) is 5.91 Å². The molecule has 190 valence electrons. The summed E-state index contributed by atoms with van der Waals surface area (Å²) >= 11 is 0. The minimum atomic E-state index is -0.331. The normalized spacial score (nSPS) is 19.0. The number of amides is 3. The van der Waals surface area contributed by atoms with Crippen molar-refractivity contribution in [1.29, 1.82) is 0 Å². The first kappa shape index (κ1) is 24.0. The number of carbonyl (C=O) groups is 3. The number of anilines is 3. The lowest BCUT2D eigenvalue weighted by Gasteiger charge is -2.45. The average molecular weight is 493 g/mol.